The molecule has 0 saturated heterocycles. The molecule has 0 amide bonds. The van der Waals surface area contributed by atoms with Crippen molar-refractivity contribution in [1.29, 1.82) is 0 Å². The Bertz CT molecular complexity index is 186. The first-order valence-electron chi connectivity index (χ1n) is 5.32. The van der Waals surface area contributed by atoms with Crippen molar-refractivity contribution in [3.05, 3.63) is 0 Å². The Kier molecular flexibility index (Phi) is 7.29. The maximum atomic E-state index is 10.6. The first-order valence-corrected chi connectivity index (χ1v) is 5.32. The second-order valence-electron chi connectivity index (χ2n) is 4.05. The summed E-state index contributed by atoms with van der Waals surface area (Å²) < 4.78 is 0. The lowest BCUT2D eigenvalue weighted by atomic mass is 10.2. The summed E-state index contributed by atoms with van der Waals surface area (Å²) in [7, 11) is 4.00. The van der Waals surface area contributed by atoms with Gasteiger partial charge in [0.1, 0.15) is 6.04 Å². The van der Waals surface area contributed by atoms with Crippen LogP contribution in [0.3, 0.4) is 0 Å². The highest BCUT2D eigenvalue weighted by atomic mass is 16.4. The predicted molar refractivity (Wildman–Crippen MR) is 60.9 cm³/mol. The molecular formula is C10H23N3O2. The van der Waals surface area contributed by atoms with Crippen LogP contribution in [0, 0.1) is 0 Å². The van der Waals surface area contributed by atoms with Gasteiger partial charge in [0.25, 0.3) is 0 Å². The van der Waals surface area contributed by atoms with Crippen LogP contribution in [0.1, 0.15) is 13.3 Å². The van der Waals surface area contributed by atoms with Crippen molar-refractivity contribution in [1.82, 2.24) is 9.80 Å². The maximum Gasteiger partial charge on any atom is 0.321 e. The molecule has 0 saturated carbocycles. The van der Waals surface area contributed by atoms with Crippen molar-refractivity contribution in [2.75, 3.05) is 40.3 Å². The third-order valence-corrected chi connectivity index (χ3v) is 2.18. The maximum absolute atomic E-state index is 10.6. The van der Waals surface area contributed by atoms with E-state index in [0.29, 0.717) is 6.54 Å². The van der Waals surface area contributed by atoms with Gasteiger partial charge in [0.2, 0.25) is 0 Å². The molecule has 1 atom stereocenters. The summed E-state index contributed by atoms with van der Waals surface area (Å²) in [6, 6.07) is -0.779. The molecule has 0 radical (unpaired) electrons. The smallest absolute Gasteiger partial charge is 0.321 e. The minimum absolute atomic E-state index is 0.428. The van der Waals surface area contributed by atoms with Crippen LogP contribution in [0.4, 0.5) is 0 Å². The van der Waals surface area contributed by atoms with Crippen molar-refractivity contribution in [3.63, 3.8) is 0 Å². The number of carbonyl (C=O) groups is 1. The molecule has 0 aromatic heterocycles. The Labute approximate surface area is 91.8 Å². The molecule has 5 heteroatoms. The van der Waals surface area contributed by atoms with Crippen LogP contribution in [-0.2, 0) is 4.79 Å². The lowest BCUT2D eigenvalue weighted by molar-refractivity contribution is -0.139. The van der Waals surface area contributed by atoms with Crippen molar-refractivity contribution < 1.29 is 9.90 Å². The lowest BCUT2D eigenvalue weighted by Crippen LogP contribution is -2.44. The monoisotopic (exact) mass is 217 g/mol. The van der Waals surface area contributed by atoms with E-state index in [2.05, 4.69) is 16.7 Å². The molecule has 0 aliphatic carbocycles. The Morgan fingerprint density at radius 3 is 2.33 bits per heavy atom. The highest BCUT2D eigenvalue weighted by Crippen LogP contribution is 1.94. The van der Waals surface area contributed by atoms with Gasteiger partial charge < -0.3 is 15.7 Å². The van der Waals surface area contributed by atoms with Gasteiger partial charge in [-0.1, -0.05) is 6.92 Å². The summed E-state index contributed by atoms with van der Waals surface area (Å²) in [6.45, 7) is 5.19. The van der Waals surface area contributed by atoms with Crippen molar-refractivity contribution in [2.24, 2.45) is 5.73 Å². The molecule has 0 aromatic rings. The molecule has 0 bridgehead atoms. The Morgan fingerprint density at radius 2 is 1.93 bits per heavy atom. The number of rotatable bonds is 8. The number of nitrogens with zero attached hydrogens (tertiary/aromatic N) is 2. The normalized spacial score (nSPS) is 13.5. The van der Waals surface area contributed by atoms with Gasteiger partial charge in [-0.15, -0.1) is 0 Å². The van der Waals surface area contributed by atoms with Gasteiger partial charge in [0, 0.05) is 19.6 Å². The van der Waals surface area contributed by atoms with E-state index in [4.69, 9.17) is 10.8 Å². The fourth-order valence-corrected chi connectivity index (χ4v) is 1.31. The minimum Gasteiger partial charge on any atom is -0.480 e. The van der Waals surface area contributed by atoms with Gasteiger partial charge in [0.15, 0.2) is 0 Å². The summed E-state index contributed by atoms with van der Waals surface area (Å²) in [4.78, 5) is 14.8. The van der Waals surface area contributed by atoms with Crippen LogP contribution in [0.15, 0.2) is 0 Å². The fourth-order valence-electron chi connectivity index (χ4n) is 1.31. The van der Waals surface area contributed by atoms with E-state index in [1.165, 1.54) is 0 Å². The van der Waals surface area contributed by atoms with Gasteiger partial charge in [-0.3, -0.25) is 9.69 Å². The molecule has 0 aliphatic rings. The second kappa shape index (κ2) is 7.62. The van der Waals surface area contributed by atoms with E-state index in [1.807, 2.05) is 14.1 Å². The van der Waals surface area contributed by atoms with Crippen LogP contribution in [0.25, 0.3) is 0 Å². The van der Waals surface area contributed by atoms with E-state index in [9.17, 15) is 4.79 Å². The fraction of sp³-hybridized carbons (Fsp3) is 0.900. The highest BCUT2D eigenvalue weighted by molar-refractivity contribution is 5.73. The standard InChI is InChI=1S/C10H23N3O2/c1-4-5-13(7-6-12(2)3)8-9(11)10(14)15/h9H,4-8,11H2,1-3H3,(H,14,15). The topological polar surface area (TPSA) is 69.8 Å². The molecule has 0 fully saturated rings. The summed E-state index contributed by atoms with van der Waals surface area (Å²) in [5, 5.41) is 8.71. The predicted octanol–water partition coefficient (Wildman–Crippen LogP) is -0.328. The molecule has 15 heavy (non-hydrogen) atoms. The van der Waals surface area contributed by atoms with Crippen molar-refractivity contribution >= 4 is 5.97 Å². The van der Waals surface area contributed by atoms with Crippen LogP contribution in [0.5, 0.6) is 0 Å². The Morgan fingerprint density at radius 1 is 1.33 bits per heavy atom. The zero-order valence-electron chi connectivity index (χ0n) is 9.94. The number of nitrogens with two attached hydrogens (primary N) is 1. The van der Waals surface area contributed by atoms with E-state index in [1.54, 1.807) is 0 Å². The molecule has 1 unspecified atom stereocenters. The third-order valence-electron chi connectivity index (χ3n) is 2.18. The van der Waals surface area contributed by atoms with Crippen molar-refractivity contribution in [3.8, 4) is 0 Å². The second-order valence-corrected chi connectivity index (χ2v) is 4.05. The SMILES string of the molecule is CCCN(CCN(C)C)CC(N)C(=O)O. The average molecular weight is 217 g/mol. The first kappa shape index (κ1) is 14.3. The Balaban J connectivity index is 3.97. The summed E-state index contributed by atoms with van der Waals surface area (Å²) in [6.07, 6.45) is 1.01. The summed E-state index contributed by atoms with van der Waals surface area (Å²) >= 11 is 0. The first-order chi connectivity index (χ1) is 6.97. The molecule has 0 aromatic carbocycles. The molecule has 0 spiro atoms. The number of carboxylic acids is 1. The van der Waals surface area contributed by atoms with Crippen LogP contribution >= 0.6 is 0 Å². The summed E-state index contributed by atoms with van der Waals surface area (Å²) in [5.74, 6) is -0.930. The van der Waals surface area contributed by atoms with Gasteiger partial charge in [-0.2, -0.15) is 0 Å². The number of likely N-dealkylation sites (N-methyl/N-ethyl adjacent to an activating group) is 1. The number of hydrogen-bond acceptors (Lipinski definition) is 4. The van der Waals surface area contributed by atoms with E-state index >= 15 is 0 Å². The molecule has 0 heterocycles. The van der Waals surface area contributed by atoms with E-state index in [-0.39, 0.29) is 0 Å². The van der Waals surface area contributed by atoms with E-state index in [0.717, 1.165) is 26.1 Å². The van der Waals surface area contributed by atoms with Gasteiger partial charge in [-0.05, 0) is 27.1 Å². The molecule has 90 valence electrons. The molecule has 3 N–H and O–H groups in total. The van der Waals surface area contributed by atoms with Gasteiger partial charge >= 0.3 is 5.97 Å². The highest BCUT2D eigenvalue weighted by Gasteiger charge is 2.15. The Hall–Kier alpha value is -0.650. The van der Waals surface area contributed by atoms with Crippen molar-refractivity contribution in [2.45, 2.75) is 19.4 Å². The molecule has 0 aliphatic heterocycles. The molecular weight excluding hydrogens is 194 g/mol. The zero-order valence-corrected chi connectivity index (χ0v) is 9.94. The number of carboxylic acid groups (broad SMARTS) is 1. The largest absolute Gasteiger partial charge is 0.480 e. The van der Waals surface area contributed by atoms with E-state index < -0.39 is 12.0 Å². The third kappa shape index (κ3) is 7.30. The van der Waals surface area contributed by atoms with Crippen LogP contribution < -0.4 is 5.73 Å². The minimum atomic E-state index is -0.930. The number of aliphatic carboxylic acids is 1. The van der Waals surface area contributed by atoms with Crippen LogP contribution in [-0.4, -0.2) is 67.2 Å². The summed E-state index contributed by atoms with van der Waals surface area (Å²) in [5.41, 5.74) is 5.50. The lowest BCUT2D eigenvalue weighted by Gasteiger charge is -2.24. The van der Waals surface area contributed by atoms with Gasteiger partial charge in [0.05, 0.1) is 0 Å². The van der Waals surface area contributed by atoms with Gasteiger partial charge in [-0.25, -0.2) is 0 Å². The zero-order chi connectivity index (χ0) is 11.8. The average Bonchev–Trinajstić information content (AvgIpc) is 2.14. The molecule has 0 rings (SSSR count). The van der Waals surface area contributed by atoms with Crippen LogP contribution in [0.2, 0.25) is 0 Å². The number of hydrogen-bond donors (Lipinski definition) is 2. The quantitative estimate of drug-likeness (QED) is 0.583. The molecule has 5 nitrogen and oxygen atoms in total.